The molecule has 0 atom stereocenters. The predicted molar refractivity (Wildman–Crippen MR) is 79.0 cm³/mol. The van der Waals surface area contributed by atoms with E-state index in [2.05, 4.69) is 15.0 Å². The van der Waals surface area contributed by atoms with Crippen LogP contribution in [0.1, 0.15) is 5.56 Å². The molecule has 1 aromatic carbocycles. The Balaban J connectivity index is 1.96. The zero-order valence-electron chi connectivity index (χ0n) is 10.7. The second-order valence-electron chi connectivity index (χ2n) is 4.22. The zero-order chi connectivity index (χ0) is 16.8. The Kier molecular flexibility index (Phi) is 3.94. The van der Waals surface area contributed by atoms with E-state index in [1.807, 2.05) is 0 Å². The molecular formula is C11H4ClF3N4O2S2. The van der Waals surface area contributed by atoms with Gasteiger partial charge in [-0.05, 0) is 35.2 Å². The minimum absolute atomic E-state index is 0.124. The summed E-state index contributed by atoms with van der Waals surface area (Å²) < 4.78 is 38.6. The highest BCUT2D eigenvalue weighted by Gasteiger charge is 2.31. The standard InChI is InChI=1S/C11H4ClF3N4O2S2/c12-5-1-4(11(13,14)15)2-6-8(5)18-9(17-6)23-10-16-3-7(22-10)19(20)21/h1-3H,(H,17,18). The van der Waals surface area contributed by atoms with Crippen LogP contribution >= 0.6 is 34.7 Å². The van der Waals surface area contributed by atoms with E-state index >= 15 is 0 Å². The maximum absolute atomic E-state index is 12.8. The summed E-state index contributed by atoms with van der Waals surface area (Å²) in [6.45, 7) is 0. The van der Waals surface area contributed by atoms with E-state index in [1.54, 1.807) is 0 Å². The molecule has 1 N–H and O–H groups in total. The quantitative estimate of drug-likeness (QED) is 0.523. The summed E-state index contributed by atoms with van der Waals surface area (Å²) in [7, 11) is 0. The van der Waals surface area contributed by atoms with Gasteiger partial charge in [-0.15, -0.1) is 0 Å². The van der Waals surface area contributed by atoms with Crippen LogP contribution in [0.2, 0.25) is 5.02 Å². The van der Waals surface area contributed by atoms with Crippen LogP contribution in [0.15, 0.2) is 27.8 Å². The molecule has 0 saturated carbocycles. The van der Waals surface area contributed by atoms with Crippen LogP contribution in [0.25, 0.3) is 11.0 Å². The number of aromatic nitrogens is 3. The van der Waals surface area contributed by atoms with Crippen LogP contribution in [0.4, 0.5) is 18.2 Å². The molecule has 23 heavy (non-hydrogen) atoms. The summed E-state index contributed by atoms with van der Waals surface area (Å²) in [6, 6.07) is 1.70. The average molecular weight is 381 g/mol. The zero-order valence-corrected chi connectivity index (χ0v) is 13.1. The van der Waals surface area contributed by atoms with Crippen LogP contribution in [-0.2, 0) is 6.18 Å². The monoisotopic (exact) mass is 380 g/mol. The minimum Gasteiger partial charge on any atom is -0.332 e. The highest BCUT2D eigenvalue weighted by Crippen LogP contribution is 2.37. The maximum Gasteiger partial charge on any atom is 0.416 e. The molecule has 0 fully saturated rings. The Bertz CT molecular complexity index is 908. The van der Waals surface area contributed by atoms with Gasteiger partial charge in [-0.3, -0.25) is 10.1 Å². The molecule has 0 aliphatic rings. The number of H-pyrrole nitrogens is 1. The summed E-state index contributed by atoms with van der Waals surface area (Å²) >= 11 is 7.64. The molecule has 0 radical (unpaired) electrons. The van der Waals surface area contributed by atoms with Gasteiger partial charge in [0.05, 0.1) is 21.0 Å². The van der Waals surface area contributed by atoms with Crippen LogP contribution in [0.5, 0.6) is 0 Å². The van der Waals surface area contributed by atoms with E-state index in [4.69, 9.17) is 11.6 Å². The first-order chi connectivity index (χ1) is 10.7. The third-order valence-corrected chi connectivity index (χ3v) is 4.88. The number of alkyl halides is 3. The fourth-order valence-electron chi connectivity index (χ4n) is 1.73. The van der Waals surface area contributed by atoms with Crippen molar-refractivity contribution in [2.24, 2.45) is 0 Å². The molecule has 2 heterocycles. The SMILES string of the molecule is O=[N+]([O-])c1cnc(Sc2nc3c(Cl)cc(C(F)(F)F)cc3[nH]2)s1. The fraction of sp³-hybridized carbons (Fsp3) is 0.0909. The number of hydrogen-bond acceptors (Lipinski definition) is 6. The van der Waals surface area contributed by atoms with Crippen molar-refractivity contribution < 1.29 is 18.1 Å². The molecule has 0 saturated heterocycles. The van der Waals surface area contributed by atoms with Crippen molar-refractivity contribution in [3.8, 4) is 0 Å². The minimum atomic E-state index is -4.52. The molecular weight excluding hydrogens is 377 g/mol. The predicted octanol–water partition coefficient (Wildman–Crippen LogP) is 4.75. The van der Waals surface area contributed by atoms with Crippen molar-refractivity contribution in [3.05, 3.63) is 39.0 Å². The van der Waals surface area contributed by atoms with Gasteiger partial charge < -0.3 is 4.98 Å². The maximum atomic E-state index is 12.8. The Morgan fingerprint density at radius 2 is 2.13 bits per heavy atom. The molecule has 3 aromatic rings. The number of nitrogens with zero attached hydrogens (tertiary/aromatic N) is 3. The molecule has 120 valence electrons. The van der Waals surface area contributed by atoms with Gasteiger partial charge in [0.2, 0.25) is 0 Å². The first-order valence-corrected chi connectivity index (χ1v) is 7.79. The first kappa shape index (κ1) is 16.0. The van der Waals surface area contributed by atoms with Crippen LogP contribution in [0.3, 0.4) is 0 Å². The number of benzene rings is 1. The lowest BCUT2D eigenvalue weighted by molar-refractivity contribution is -0.380. The number of halogens is 4. The van der Waals surface area contributed by atoms with E-state index < -0.39 is 16.7 Å². The molecule has 6 nitrogen and oxygen atoms in total. The van der Waals surface area contributed by atoms with Crippen molar-refractivity contribution in [1.29, 1.82) is 0 Å². The fourth-order valence-corrected chi connectivity index (χ4v) is 3.68. The van der Waals surface area contributed by atoms with E-state index in [0.29, 0.717) is 4.34 Å². The van der Waals surface area contributed by atoms with Crippen molar-refractivity contribution in [1.82, 2.24) is 15.0 Å². The summed E-state index contributed by atoms with van der Waals surface area (Å²) in [5, 5.41) is 10.6. The Morgan fingerprint density at radius 1 is 1.39 bits per heavy atom. The molecule has 0 aliphatic carbocycles. The van der Waals surface area contributed by atoms with Crippen LogP contribution in [0, 0.1) is 10.1 Å². The molecule has 2 aromatic heterocycles. The number of hydrogen-bond donors (Lipinski definition) is 1. The normalized spacial score (nSPS) is 12.0. The molecule has 0 aliphatic heterocycles. The van der Waals surface area contributed by atoms with E-state index in [9.17, 15) is 23.3 Å². The van der Waals surface area contributed by atoms with Gasteiger partial charge in [0.1, 0.15) is 11.7 Å². The number of thiazole rings is 1. The number of fused-ring (bicyclic) bond motifs is 1. The lowest BCUT2D eigenvalue weighted by Gasteiger charge is -2.06. The first-order valence-electron chi connectivity index (χ1n) is 5.78. The van der Waals surface area contributed by atoms with Gasteiger partial charge in [-0.2, -0.15) is 13.2 Å². The van der Waals surface area contributed by atoms with E-state index in [0.717, 1.165) is 41.4 Å². The number of nitro groups is 1. The third kappa shape index (κ3) is 3.26. The molecule has 0 unspecified atom stereocenters. The van der Waals surface area contributed by atoms with Gasteiger partial charge in [0, 0.05) is 0 Å². The number of rotatable bonds is 3. The summed E-state index contributed by atoms with van der Waals surface area (Å²) in [5.41, 5.74) is -0.577. The Morgan fingerprint density at radius 3 is 2.74 bits per heavy atom. The topological polar surface area (TPSA) is 84.7 Å². The van der Waals surface area contributed by atoms with E-state index in [1.165, 1.54) is 0 Å². The number of imidazole rings is 1. The largest absolute Gasteiger partial charge is 0.416 e. The van der Waals surface area contributed by atoms with Crippen molar-refractivity contribution in [2.75, 3.05) is 0 Å². The van der Waals surface area contributed by atoms with Crippen molar-refractivity contribution in [3.63, 3.8) is 0 Å². The Labute approximate surface area is 138 Å². The van der Waals surface area contributed by atoms with Crippen molar-refractivity contribution in [2.45, 2.75) is 15.7 Å². The van der Waals surface area contributed by atoms with Gasteiger partial charge in [-0.1, -0.05) is 11.6 Å². The second kappa shape index (κ2) is 5.65. The molecule has 0 amide bonds. The van der Waals surface area contributed by atoms with E-state index in [-0.39, 0.29) is 26.2 Å². The van der Waals surface area contributed by atoms with Gasteiger partial charge in [-0.25, -0.2) is 9.97 Å². The molecule has 0 bridgehead atoms. The third-order valence-electron chi connectivity index (χ3n) is 2.68. The smallest absolute Gasteiger partial charge is 0.332 e. The number of aromatic amines is 1. The van der Waals surface area contributed by atoms with Gasteiger partial charge in [0.25, 0.3) is 0 Å². The molecule has 3 rings (SSSR count). The summed E-state index contributed by atoms with van der Waals surface area (Å²) in [4.78, 5) is 20.7. The number of nitrogens with one attached hydrogen (secondary N) is 1. The van der Waals surface area contributed by atoms with Crippen LogP contribution in [-0.4, -0.2) is 19.9 Å². The highest BCUT2D eigenvalue weighted by atomic mass is 35.5. The highest BCUT2D eigenvalue weighted by molar-refractivity contribution is 8.00. The lowest BCUT2D eigenvalue weighted by atomic mass is 10.2. The van der Waals surface area contributed by atoms with Crippen LogP contribution < -0.4 is 0 Å². The molecule has 12 heteroatoms. The summed E-state index contributed by atoms with van der Waals surface area (Å²) in [6.07, 6.45) is -3.42. The summed E-state index contributed by atoms with van der Waals surface area (Å²) in [5.74, 6) is 0. The second-order valence-corrected chi connectivity index (χ2v) is 6.87. The lowest BCUT2D eigenvalue weighted by Crippen LogP contribution is -2.04. The van der Waals surface area contributed by atoms with Gasteiger partial charge >= 0.3 is 11.2 Å². The average Bonchev–Trinajstić information content (AvgIpc) is 3.04. The molecule has 0 spiro atoms. The Hall–Kier alpha value is -1.85. The van der Waals surface area contributed by atoms with Gasteiger partial charge in [0.15, 0.2) is 9.50 Å². The van der Waals surface area contributed by atoms with Crippen molar-refractivity contribution >= 4 is 50.7 Å².